The fourth-order valence-corrected chi connectivity index (χ4v) is 1.91. The monoisotopic (exact) mass is 336 g/mol. The van der Waals surface area contributed by atoms with Crippen molar-refractivity contribution in [2.24, 2.45) is 0 Å². The summed E-state index contributed by atoms with van der Waals surface area (Å²) in [6.07, 6.45) is 0.940. The van der Waals surface area contributed by atoms with Crippen LogP contribution in [-0.2, 0) is 0 Å². The molecule has 6 nitrogen and oxygen atoms in total. The summed E-state index contributed by atoms with van der Waals surface area (Å²) in [7, 11) is 0. The maximum Gasteiger partial charge on any atom is 0.312 e. The number of nitrogens with one attached hydrogen (secondary N) is 1. The highest BCUT2D eigenvalue weighted by atomic mass is 35.5. The molecule has 0 radical (unpaired) electrons. The Morgan fingerprint density at radius 3 is 2.62 bits per heavy atom. The van der Waals surface area contributed by atoms with E-state index in [9.17, 15) is 15.2 Å². The van der Waals surface area contributed by atoms with Gasteiger partial charge in [0.15, 0.2) is 5.75 Å². The van der Waals surface area contributed by atoms with Crippen LogP contribution < -0.4 is 10.1 Å². The molecule has 1 unspecified atom stereocenters. The molecule has 0 spiro atoms. The summed E-state index contributed by atoms with van der Waals surface area (Å²) < 4.78 is 5.36. The quantitative estimate of drug-likeness (QED) is 0.433. The van der Waals surface area contributed by atoms with E-state index in [0.717, 1.165) is 19.0 Å². The number of nitro groups is 1. The summed E-state index contributed by atoms with van der Waals surface area (Å²) in [4.78, 5) is 10.4. The second-order valence-corrected chi connectivity index (χ2v) is 5.77. The van der Waals surface area contributed by atoms with Gasteiger partial charge in [-0.3, -0.25) is 10.1 Å². The van der Waals surface area contributed by atoms with E-state index in [0.29, 0.717) is 6.54 Å². The molecule has 1 aromatic rings. The lowest BCUT2D eigenvalue weighted by atomic mass is 10.1. The summed E-state index contributed by atoms with van der Waals surface area (Å²) in [5.41, 5.74) is -1.45. The number of halogens is 2. The molecule has 0 fully saturated rings. The van der Waals surface area contributed by atoms with Crippen LogP contribution in [0.25, 0.3) is 0 Å². The SMILES string of the molecule is CCCNCC(C)(O)COc1cc(Cl)c(Cl)cc1[N+](=O)[O-]. The van der Waals surface area contributed by atoms with Crippen LogP contribution in [0.2, 0.25) is 10.0 Å². The summed E-state index contributed by atoms with van der Waals surface area (Å²) in [6, 6.07) is 2.40. The molecular formula is C13H18Cl2N2O4. The smallest absolute Gasteiger partial charge is 0.312 e. The minimum Gasteiger partial charge on any atom is -0.484 e. The van der Waals surface area contributed by atoms with Crippen LogP contribution >= 0.6 is 23.2 Å². The first kappa shape index (κ1) is 18.0. The molecule has 0 saturated heterocycles. The van der Waals surface area contributed by atoms with Crippen LogP contribution in [0.15, 0.2) is 12.1 Å². The van der Waals surface area contributed by atoms with E-state index in [-0.39, 0.29) is 28.1 Å². The van der Waals surface area contributed by atoms with Crippen LogP contribution in [0.5, 0.6) is 5.75 Å². The largest absolute Gasteiger partial charge is 0.484 e. The number of rotatable bonds is 8. The lowest BCUT2D eigenvalue weighted by Crippen LogP contribution is -2.43. The Hall–Kier alpha value is -1.08. The number of nitrogens with zero attached hydrogens (tertiary/aromatic N) is 1. The number of aliphatic hydroxyl groups is 1. The predicted octanol–water partition coefficient (Wildman–Crippen LogP) is 3.03. The Bertz CT molecular complexity index is 509. The summed E-state index contributed by atoms with van der Waals surface area (Å²) in [5, 5.41) is 24.4. The number of hydrogen-bond acceptors (Lipinski definition) is 5. The van der Waals surface area contributed by atoms with Crippen LogP contribution in [0, 0.1) is 10.1 Å². The van der Waals surface area contributed by atoms with Crippen molar-refractivity contribution in [2.75, 3.05) is 19.7 Å². The third kappa shape index (κ3) is 5.67. The topological polar surface area (TPSA) is 84.6 Å². The van der Waals surface area contributed by atoms with E-state index in [1.165, 1.54) is 6.07 Å². The molecule has 0 saturated carbocycles. The van der Waals surface area contributed by atoms with Crippen LogP contribution in [0.4, 0.5) is 5.69 Å². The molecule has 0 aliphatic heterocycles. The van der Waals surface area contributed by atoms with Gasteiger partial charge in [0.25, 0.3) is 0 Å². The molecule has 0 aromatic heterocycles. The van der Waals surface area contributed by atoms with Gasteiger partial charge in [-0.25, -0.2) is 0 Å². The van der Waals surface area contributed by atoms with Crippen molar-refractivity contribution in [3.8, 4) is 5.75 Å². The third-order valence-electron chi connectivity index (χ3n) is 2.67. The van der Waals surface area contributed by atoms with Crippen molar-refractivity contribution in [3.05, 3.63) is 32.3 Å². The van der Waals surface area contributed by atoms with E-state index in [1.54, 1.807) is 6.92 Å². The lowest BCUT2D eigenvalue weighted by molar-refractivity contribution is -0.386. The predicted molar refractivity (Wildman–Crippen MR) is 82.4 cm³/mol. The molecule has 21 heavy (non-hydrogen) atoms. The average Bonchev–Trinajstić information content (AvgIpc) is 2.39. The van der Waals surface area contributed by atoms with Crippen molar-refractivity contribution in [3.63, 3.8) is 0 Å². The zero-order valence-electron chi connectivity index (χ0n) is 11.9. The Kier molecular flexibility index (Phi) is 6.67. The molecule has 0 aliphatic rings. The molecule has 0 aliphatic carbocycles. The minimum absolute atomic E-state index is 0.0230. The highest BCUT2D eigenvalue weighted by molar-refractivity contribution is 6.42. The minimum atomic E-state index is -1.16. The van der Waals surface area contributed by atoms with E-state index >= 15 is 0 Å². The first-order valence-electron chi connectivity index (χ1n) is 6.46. The Morgan fingerprint density at radius 1 is 1.43 bits per heavy atom. The van der Waals surface area contributed by atoms with Crippen molar-refractivity contribution in [1.82, 2.24) is 5.32 Å². The van der Waals surface area contributed by atoms with Gasteiger partial charge < -0.3 is 15.2 Å². The van der Waals surface area contributed by atoms with E-state index in [2.05, 4.69) is 5.32 Å². The number of nitro benzene ring substituents is 1. The van der Waals surface area contributed by atoms with Crippen LogP contribution in [0.3, 0.4) is 0 Å². The second-order valence-electron chi connectivity index (χ2n) is 4.95. The maximum absolute atomic E-state index is 11.0. The average molecular weight is 337 g/mol. The number of benzene rings is 1. The molecule has 0 amide bonds. The fraction of sp³-hybridized carbons (Fsp3) is 0.538. The maximum atomic E-state index is 11.0. The van der Waals surface area contributed by atoms with E-state index in [1.807, 2.05) is 6.92 Å². The zero-order valence-corrected chi connectivity index (χ0v) is 13.4. The molecular weight excluding hydrogens is 319 g/mol. The highest BCUT2D eigenvalue weighted by Crippen LogP contribution is 2.35. The normalized spacial score (nSPS) is 13.8. The lowest BCUT2D eigenvalue weighted by Gasteiger charge is -2.23. The van der Waals surface area contributed by atoms with Gasteiger partial charge in [-0.05, 0) is 19.9 Å². The first-order chi connectivity index (χ1) is 9.76. The molecule has 8 heteroatoms. The molecule has 1 rings (SSSR count). The standard InChI is InChI=1S/C13H18Cl2N2O4/c1-3-4-16-7-13(2,18)8-21-12-6-10(15)9(14)5-11(12)17(19)20/h5-6,16,18H,3-4,7-8H2,1-2H3. The third-order valence-corrected chi connectivity index (χ3v) is 3.39. The summed E-state index contributed by atoms with van der Waals surface area (Å²) in [5.74, 6) is -0.0230. The van der Waals surface area contributed by atoms with Gasteiger partial charge in [0.05, 0.1) is 15.0 Å². The van der Waals surface area contributed by atoms with Crippen molar-refractivity contribution in [1.29, 1.82) is 0 Å². The Balaban J connectivity index is 2.78. The molecule has 2 N–H and O–H groups in total. The van der Waals surface area contributed by atoms with Gasteiger partial charge in [-0.2, -0.15) is 0 Å². The Morgan fingerprint density at radius 2 is 2.05 bits per heavy atom. The van der Waals surface area contributed by atoms with E-state index in [4.69, 9.17) is 27.9 Å². The van der Waals surface area contributed by atoms with E-state index < -0.39 is 10.5 Å². The van der Waals surface area contributed by atoms with Crippen molar-refractivity contribution < 1.29 is 14.8 Å². The highest BCUT2D eigenvalue weighted by Gasteiger charge is 2.24. The van der Waals surface area contributed by atoms with Crippen molar-refractivity contribution in [2.45, 2.75) is 25.9 Å². The van der Waals surface area contributed by atoms with Gasteiger partial charge in [0, 0.05) is 18.7 Å². The van der Waals surface area contributed by atoms with Gasteiger partial charge >= 0.3 is 5.69 Å². The molecule has 118 valence electrons. The van der Waals surface area contributed by atoms with Gasteiger partial charge in [-0.15, -0.1) is 0 Å². The summed E-state index contributed by atoms with van der Waals surface area (Å²) in [6.45, 7) is 4.57. The van der Waals surface area contributed by atoms with Gasteiger partial charge in [-0.1, -0.05) is 30.1 Å². The summed E-state index contributed by atoms with van der Waals surface area (Å²) >= 11 is 11.6. The second kappa shape index (κ2) is 7.79. The number of hydrogen-bond donors (Lipinski definition) is 2. The first-order valence-corrected chi connectivity index (χ1v) is 7.22. The zero-order chi connectivity index (χ0) is 16.0. The van der Waals surface area contributed by atoms with Gasteiger partial charge in [0.2, 0.25) is 0 Å². The Labute approximate surface area is 133 Å². The van der Waals surface area contributed by atoms with Crippen molar-refractivity contribution >= 4 is 28.9 Å². The van der Waals surface area contributed by atoms with Crippen LogP contribution in [-0.4, -0.2) is 35.3 Å². The molecule has 1 atom stereocenters. The molecule has 0 bridgehead atoms. The fourth-order valence-electron chi connectivity index (χ4n) is 1.60. The number of ether oxygens (including phenoxy) is 1. The van der Waals surface area contributed by atoms with Crippen LogP contribution in [0.1, 0.15) is 20.3 Å². The molecule has 1 aromatic carbocycles. The molecule has 0 heterocycles. The van der Waals surface area contributed by atoms with Gasteiger partial charge in [0.1, 0.15) is 12.2 Å².